The molecule has 0 radical (unpaired) electrons. The van der Waals surface area contributed by atoms with Crippen molar-refractivity contribution in [1.29, 1.82) is 0 Å². The van der Waals surface area contributed by atoms with Gasteiger partial charge in [-0.15, -0.1) is 0 Å². The van der Waals surface area contributed by atoms with Crippen LogP contribution in [-0.4, -0.2) is 49.4 Å². The zero-order valence-electron chi connectivity index (χ0n) is 19.0. The number of allylic oxidation sites excluding steroid dienone is 5. The minimum atomic E-state index is -0.0992. The second-order valence-corrected chi connectivity index (χ2v) is 7.70. The smallest absolute Gasteiger partial charge is 0.150 e. The number of hydrogen-bond donors (Lipinski definition) is 0. The zero-order valence-corrected chi connectivity index (χ0v) is 19.0. The summed E-state index contributed by atoms with van der Waals surface area (Å²) in [5.41, 5.74) is 5.53. The molecule has 2 rings (SSSR count). The molecule has 1 fully saturated rings. The van der Waals surface area contributed by atoms with E-state index in [9.17, 15) is 4.79 Å². The van der Waals surface area contributed by atoms with E-state index in [0.717, 1.165) is 47.1 Å². The summed E-state index contributed by atoms with van der Waals surface area (Å²) < 4.78 is 5.53. The standard InChI is InChI=1S/C27H34N2O2/c1-7-22(24-12-10-23(8-2)26(16-24)18-30)11-13-25(20(4)5)17-28-27(9-3)29-14-15-31-19-21(29)6/h8-13,16-18,21,27H,2-4,7,14-15,19H2,1,5-6H3/b22-11+,25-13-,28-17?/t21-,27?/m0/s1. The van der Waals surface area contributed by atoms with Crippen LogP contribution in [0.5, 0.6) is 0 Å². The molecule has 1 aromatic carbocycles. The predicted octanol–water partition coefficient (Wildman–Crippen LogP) is 5.74. The van der Waals surface area contributed by atoms with Crippen molar-refractivity contribution in [2.24, 2.45) is 4.99 Å². The minimum Gasteiger partial charge on any atom is -0.379 e. The van der Waals surface area contributed by atoms with Crippen molar-refractivity contribution in [3.05, 3.63) is 84.0 Å². The van der Waals surface area contributed by atoms with Gasteiger partial charge in [0.25, 0.3) is 0 Å². The lowest BCUT2D eigenvalue weighted by Gasteiger charge is -2.36. The molecule has 0 bridgehead atoms. The molecule has 1 aliphatic heterocycles. The largest absolute Gasteiger partial charge is 0.379 e. The molecule has 0 aliphatic carbocycles. The maximum absolute atomic E-state index is 11.4. The molecule has 1 aliphatic rings. The van der Waals surface area contributed by atoms with Crippen LogP contribution in [0.25, 0.3) is 11.6 Å². The normalized spacial score (nSPS) is 19.3. The zero-order chi connectivity index (χ0) is 22.8. The van der Waals surface area contributed by atoms with Crippen LogP contribution >= 0.6 is 0 Å². The number of aldehydes is 1. The topological polar surface area (TPSA) is 41.9 Å². The van der Waals surface area contributed by atoms with Gasteiger partial charge < -0.3 is 4.74 Å². The molecule has 1 saturated heterocycles. The summed E-state index contributed by atoms with van der Waals surface area (Å²) >= 11 is 0. The Morgan fingerprint density at radius 3 is 2.68 bits per heavy atom. The number of ether oxygens (including phenoxy) is 1. The van der Waals surface area contributed by atoms with Gasteiger partial charge in [-0.05, 0) is 54.2 Å². The molecule has 0 saturated carbocycles. The first-order chi connectivity index (χ1) is 14.9. The van der Waals surface area contributed by atoms with Gasteiger partial charge >= 0.3 is 0 Å². The van der Waals surface area contributed by atoms with Crippen molar-refractivity contribution in [3.63, 3.8) is 0 Å². The van der Waals surface area contributed by atoms with Gasteiger partial charge in [-0.1, -0.05) is 63.1 Å². The summed E-state index contributed by atoms with van der Waals surface area (Å²) in [6, 6.07) is 6.16. The van der Waals surface area contributed by atoms with Gasteiger partial charge in [-0.3, -0.25) is 14.7 Å². The number of carbonyl (C=O) groups is 1. The Morgan fingerprint density at radius 1 is 1.32 bits per heavy atom. The fraction of sp³-hybridized carbons (Fsp3) is 0.333. The van der Waals surface area contributed by atoms with E-state index in [1.54, 1.807) is 6.08 Å². The Kier molecular flexibility index (Phi) is 9.57. The van der Waals surface area contributed by atoms with Crippen molar-refractivity contribution in [3.8, 4) is 0 Å². The number of carbonyl (C=O) groups excluding carboxylic acids is 1. The van der Waals surface area contributed by atoms with Crippen LogP contribution < -0.4 is 0 Å². The van der Waals surface area contributed by atoms with Gasteiger partial charge in [0.15, 0.2) is 6.29 Å². The summed E-state index contributed by atoms with van der Waals surface area (Å²) in [4.78, 5) is 18.5. The average Bonchev–Trinajstić information content (AvgIpc) is 2.78. The monoisotopic (exact) mass is 418 g/mol. The summed E-state index contributed by atoms with van der Waals surface area (Å²) in [6.45, 7) is 20.3. The fourth-order valence-electron chi connectivity index (χ4n) is 3.54. The molecular formula is C27H34N2O2. The van der Waals surface area contributed by atoms with Crippen LogP contribution in [-0.2, 0) is 4.74 Å². The number of benzene rings is 1. The Hall–Kier alpha value is -2.82. The summed E-state index contributed by atoms with van der Waals surface area (Å²) in [5.74, 6) is 0. The number of aliphatic imine (C=N–C) groups is 1. The van der Waals surface area contributed by atoms with Gasteiger partial charge in [0, 0.05) is 24.4 Å². The lowest BCUT2D eigenvalue weighted by Crippen LogP contribution is -2.48. The van der Waals surface area contributed by atoms with Crippen LogP contribution in [0, 0.1) is 0 Å². The second kappa shape index (κ2) is 12.1. The predicted molar refractivity (Wildman–Crippen MR) is 133 cm³/mol. The van der Waals surface area contributed by atoms with Crippen molar-refractivity contribution in [2.75, 3.05) is 19.8 Å². The molecule has 1 unspecified atom stereocenters. The van der Waals surface area contributed by atoms with E-state index < -0.39 is 0 Å². The molecular weight excluding hydrogens is 384 g/mol. The molecule has 2 atom stereocenters. The first-order valence-corrected chi connectivity index (χ1v) is 10.7. The first kappa shape index (κ1) is 24.4. The number of morpholine rings is 1. The summed E-state index contributed by atoms with van der Waals surface area (Å²) in [7, 11) is 0. The Balaban J connectivity index is 2.31. The third-order valence-corrected chi connectivity index (χ3v) is 5.48. The third kappa shape index (κ3) is 6.58. The van der Waals surface area contributed by atoms with Crippen LogP contribution in [0.3, 0.4) is 0 Å². The van der Waals surface area contributed by atoms with E-state index in [4.69, 9.17) is 9.73 Å². The molecule has 1 aromatic rings. The Bertz CT molecular complexity index is 908. The Labute approximate surface area is 187 Å². The molecule has 0 aromatic heterocycles. The molecule has 0 spiro atoms. The lowest BCUT2D eigenvalue weighted by atomic mass is 9.97. The van der Waals surface area contributed by atoms with E-state index in [1.807, 2.05) is 43.5 Å². The van der Waals surface area contributed by atoms with E-state index in [2.05, 4.69) is 44.6 Å². The number of nitrogens with zero attached hydrogens (tertiary/aromatic N) is 2. The van der Waals surface area contributed by atoms with Crippen LogP contribution in [0.1, 0.15) is 48.7 Å². The van der Waals surface area contributed by atoms with Gasteiger partial charge in [0.2, 0.25) is 0 Å². The van der Waals surface area contributed by atoms with Crippen LogP contribution in [0.4, 0.5) is 0 Å². The highest BCUT2D eigenvalue weighted by Gasteiger charge is 2.23. The van der Waals surface area contributed by atoms with Crippen molar-refractivity contribution >= 4 is 24.1 Å². The third-order valence-electron chi connectivity index (χ3n) is 5.48. The van der Waals surface area contributed by atoms with E-state index >= 15 is 0 Å². The maximum atomic E-state index is 11.4. The highest BCUT2D eigenvalue weighted by Crippen LogP contribution is 2.22. The van der Waals surface area contributed by atoms with Gasteiger partial charge in [0.05, 0.1) is 13.2 Å². The van der Waals surface area contributed by atoms with Gasteiger partial charge in [-0.2, -0.15) is 0 Å². The van der Waals surface area contributed by atoms with Crippen LogP contribution in [0.2, 0.25) is 0 Å². The fourth-order valence-corrected chi connectivity index (χ4v) is 3.54. The first-order valence-electron chi connectivity index (χ1n) is 10.7. The van der Waals surface area contributed by atoms with Crippen molar-refractivity contribution in [2.45, 2.75) is 39.4 Å². The molecule has 0 N–H and O–H groups in total. The number of rotatable bonds is 10. The van der Waals surface area contributed by atoms with Crippen molar-refractivity contribution in [1.82, 2.24) is 4.90 Å². The molecule has 164 valence electrons. The second-order valence-electron chi connectivity index (χ2n) is 7.70. The average molecular weight is 419 g/mol. The SMILES string of the molecule is C=Cc1ccc(/C(=C/C=C(/C=NC(C=C)N2CCOC[C@@H]2C)C(=C)C)CC)cc1C=O. The van der Waals surface area contributed by atoms with E-state index in [1.165, 1.54) is 0 Å². The van der Waals surface area contributed by atoms with Gasteiger partial charge in [0.1, 0.15) is 6.17 Å². The molecule has 4 nitrogen and oxygen atoms in total. The number of hydrogen-bond acceptors (Lipinski definition) is 4. The van der Waals surface area contributed by atoms with Crippen LogP contribution in [0.15, 0.2) is 72.3 Å². The maximum Gasteiger partial charge on any atom is 0.150 e. The molecule has 31 heavy (non-hydrogen) atoms. The highest BCUT2D eigenvalue weighted by molar-refractivity contribution is 5.86. The molecule has 0 amide bonds. The summed E-state index contributed by atoms with van der Waals surface area (Å²) in [6.07, 6.45) is 11.2. The minimum absolute atomic E-state index is 0.0992. The van der Waals surface area contributed by atoms with Crippen molar-refractivity contribution < 1.29 is 9.53 Å². The highest BCUT2D eigenvalue weighted by atomic mass is 16.5. The Morgan fingerprint density at radius 2 is 2.10 bits per heavy atom. The lowest BCUT2D eigenvalue weighted by molar-refractivity contribution is -0.0113. The van der Waals surface area contributed by atoms with Gasteiger partial charge in [-0.25, -0.2) is 0 Å². The molecule has 4 heteroatoms. The van der Waals surface area contributed by atoms with E-state index in [0.29, 0.717) is 24.8 Å². The van der Waals surface area contributed by atoms with E-state index in [-0.39, 0.29) is 6.17 Å². The quantitative estimate of drug-likeness (QED) is 0.210. The summed E-state index contributed by atoms with van der Waals surface area (Å²) in [5, 5.41) is 0. The molecule has 1 heterocycles.